The largest absolute Gasteiger partial charge is 0.508 e. The van der Waals surface area contributed by atoms with Crippen molar-refractivity contribution in [1.29, 1.82) is 0 Å². The van der Waals surface area contributed by atoms with Crippen LogP contribution in [0.5, 0.6) is 11.5 Å². The van der Waals surface area contributed by atoms with E-state index in [1.807, 2.05) is 19.1 Å². The maximum Gasteiger partial charge on any atom is 0.123 e. The molecule has 3 nitrogen and oxygen atoms in total. The second kappa shape index (κ2) is 5.55. The lowest BCUT2D eigenvalue weighted by Gasteiger charge is -2.26. The minimum absolute atomic E-state index is 0.0393. The van der Waals surface area contributed by atoms with E-state index in [-0.39, 0.29) is 11.9 Å². The lowest BCUT2D eigenvalue weighted by atomic mass is 9.98. The van der Waals surface area contributed by atoms with Gasteiger partial charge in [0.05, 0.1) is 6.61 Å². The molecule has 3 rings (SSSR count). The van der Waals surface area contributed by atoms with Crippen molar-refractivity contribution in [3.8, 4) is 11.5 Å². The molecule has 1 N–H and O–H groups in total. The van der Waals surface area contributed by atoms with E-state index in [9.17, 15) is 5.11 Å². The van der Waals surface area contributed by atoms with Crippen molar-refractivity contribution < 1.29 is 14.6 Å². The Morgan fingerprint density at radius 2 is 2.10 bits per heavy atom. The van der Waals surface area contributed by atoms with E-state index in [2.05, 4.69) is 18.2 Å². The number of ether oxygens (including phenoxy) is 2. The van der Waals surface area contributed by atoms with Gasteiger partial charge in [-0.2, -0.15) is 0 Å². The lowest BCUT2D eigenvalue weighted by Crippen LogP contribution is -2.21. The molecular weight excluding hydrogens is 252 g/mol. The molecule has 0 aliphatic carbocycles. The molecular formula is C17H18O3. The lowest BCUT2D eigenvalue weighted by molar-refractivity contribution is 0.0101. The Morgan fingerprint density at radius 3 is 2.95 bits per heavy atom. The standard InChI is InChI=1S/C17H18O3/c1-12-8-14(18)10-15(9-12)20-11-17-16-5-3-2-4-13(16)6-7-19-17/h2-5,8-10,17-18H,6-7,11H2,1H3. The van der Waals surface area contributed by atoms with Crippen LogP contribution in [0.25, 0.3) is 0 Å². The first-order valence-corrected chi connectivity index (χ1v) is 6.85. The van der Waals surface area contributed by atoms with Gasteiger partial charge in [-0.15, -0.1) is 0 Å². The van der Waals surface area contributed by atoms with E-state index < -0.39 is 0 Å². The third kappa shape index (κ3) is 2.78. The Morgan fingerprint density at radius 1 is 1.25 bits per heavy atom. The van der Waals surface area contributed by atoms with Crippen molar-refractivity contribution in [3.63, 3.8) is 0 Å². The Bertz CT molecular complexity index is 587. The van der Waals surface area contributed by atoms with Gasteiger partial charge in [0.15, 0.2) is 0 Å². The van der Waals surface area contributed by atoms with Crippen molar-refractivity contribution in [2.45, 2.75) is 19.4 Å². The van der Waals surface area contributed by atoms with Gasteiger partial charge in [-0.05, 0) is 42.2 Å². The number of fused-ring (bicyclic) bond motifs is 1. The molecule has 0 saturated carbocycles. The van der Waals surface area contributed by atoms with Crippen LogP contribution in [0.2, 0.25) is 0 Å². The Hall–Kier alpha value is -2.00. The van der Waals surface area contributed by atoms with Gasteiger partial charge in [-0.3, -0.25) is 0 Å². The predicted molar refractivity (Wildman–Crippen MR) is 77.2 cm³/mol. The molecule has 2 aromatic rings. The number of hydrogen-bond donors (Lipinski definition) is 1. The monoisotopic (exact) mass is 270 g/mol. The quantitative estimate of drug-likeness (QED) is 0.929. The molecule has 1 heterocycles. The van der Waals surface area contributed by atoms with Gasteiger partial charge in [0.1, 0.15) is 24.2 Å². The molecule has 1 atom stereocenters. The Balaban J connectivity index is 1.73. The topological polar surface area (TPSA) is 38.7 Å². The summed E-state index contributed by atoms with van der Waals surface area (Å²) in [7, 11) is 0. The summed E-state index contributed by atoms with van der Waals surface area (Å²) in [6.45, 7) is 3.11. The molecule has 20 heavy (non-hydrogen) atoms. The maximum absolute atomic E-state index is 9.58. The summed E-state index contributed by atoms with van der Waals surface area (Å²) in [6.07, 6.45) is 0.917. The predicted octanol–water partition coefficient (Wildman–Crippen LogP) is 3.39. The van der Waals surface area contributed by atoms with Gasteiger partial charge in [-0.1, -0.05) is 24.3 Å². The van der Waals surface area contributed by atoms with E-state index in [0.29, 0.717) is 12.4 Å². The fourth-order valence-electron chi connectivity index (χ4n) is 2.60. The van der Waals surface area contributed by atoms with E-state index in [0.717, 1.165) is 18.6 Å². The van der Waals surface area contributed by atoms with Crippen molar-refractivity contribution in [2.24, 2.45) is 0 Å². The molecule has 0 spiro atoms. The maximum atomic E-state index is 9.58. The fourth-order valence-corrected chi connectivity index (χ4v) is 2.60. The highest BCUT2D eigenvalue weighted by Gasteiger charge is 2.21. The molecule has 1 aliphatic rings. The van der Waals surface area contributed by atoms with Gasteiger partial charge in [0.2, 0.25) is 0 Å². The summed E-state index contributed by atoms with van der Waals surface area (Å²) in [5.41, 5.74) is 3.51. The smallest absolute Gasteiger partial charge is 0.123 e. The summed E-state index contributed by atoms with van der Waals surface area (Å²) in [5, 5.41) is 9.58. The molecule has 104 valence electrons. The molecule has 0 fully saturated rings. The Kier molecular flexibility index (Phi) is 3.61. The zero-order chi connectivity index (χ0) is 13.9. The zero-order valence-electron chi connectivity index (χ0n) is 11.5. The minimum atomic E-state index is -0.0393. The second-order valence-corrected chi connectivity index (χ2v) is 5.12. The van der Waals surface area contributed by atoms with Crippen LogP contribution in [-0.4, -0.2) is 18.3 Å². The van der Waals surface area contributed by atoms with Crippen LogP contribution >= 0.6 is 0 Å². The number of aryl methyl sites for hydroxylation is 1. The van der Waals surface area contributed by atoms with Crippen LogP contribution in [-0.2, 0) is 11.2 Å². The number of phenols is 1. The van der Waals surface area contributed by atoms with Crippen LogP contribution in [0.1, 0.15) is 22.8 Å². The number of hydrogen-bond acceptors (Lipinski definition) is 3. The van der Waals surface area contributed by atoms with Gasteiger partial charge in [-0.25, -0.2) is 0 Å². The average Bonchev–Trinajstić information content (AvgIpc) is 2.44. The highest BCUT2D eigenvalue weighted by atomic mass is 16.5. The zero-order valence-corrected chi connectivity index (χ0v) is 11.5. The average molecular weight is 270 g/mol. The van der Waals surface area contributed by atoms with Gasteiger partial charge in [0.25, 0.3) is 0 Å². The summed E-state index contributed by atoms with van der Waals surface area (Å²) < 4.78 is 11.6. The van der Waals surface area contributed by atoms with Crippen molar-refractivity contribution in [3.05, 3.63) is 59.2 Å². The van der Waals surface area contributed by atoms with Crippen molar-refractivity contribution >= 4 is 0 Å². The minimum Gasteiger partial charge on any atom is -0.508 e. The van der Waals surface area contributed by atoms with E-state index in [4.69, 9.17) is 9.47 Å². The number of phenolic OH excluding ortho intramolecular Hbond substituents is 1. The molecule has 1 unspecified atom stereocenters. The van der Waals surface area contributed by atoms with Gasteiger partial charge >= 0.3 is 0 Å². The van der Waals surface area contributed by atoms with Gasteiger partial charge in [0, 0.05) is 6.07 Å². The normalized spacial score (nSPS) is 17.6. The van der Waals surface area contributed by atoms with Crippen LogP contribution in [0.15, 0.2) is 42.5 Å². The molecule has 1 aliphatic heterocycles. The highest BCUT2D eigenvalue weighted by molar-refractivity contribution is 5.37. The number of aromatic hydroxyl groups is 1. The first kappa shape index (κ1) is 13.0. The number of rotatable bonds is 3. The van der Waals surface area contributed by atoms with E-state index in [1.165, 1.54) is 11.1 Å². The molecule has 2 aromatic carbocycles. The SMILES string of the molecule is Cc1cc(O)cc(OCC2OCCc3ccccc32)c1. The first-order chi connectivity index (χ1) is 9.72. The second-order valence-electron chi connectivity index (χ2n) is 5.12. The third-order valence-electron chi connectivity index (χ3n) is 3.53. The van der Waals surface area contributed by atoms with Crippen LogP contribution < -0.4 is 4.74 Å². The fraction of sp³-hybridized carbons (Fsp3) is 0.294. The first-order valence-electron chi connectivity index (χ1n) is 6.85. The third-order valence-corrected chi connectivity index (χ3v) is 3.53. The molecule has 3 heteroatoms. The molecule has 0 aromatic heterocycles. The van der Waals surface area contributed by atoms with Crippen LogP contribution in [0.3, 0.4) is 0 Å². The summed E-state index contributed by atoms with van der Waals surface area (Å²) in [4.78, 5) is 0. The van der Waals surface area contributed by atoms with Crippen LogP contribution in [0, 0.1) is 6.92 Å². The van der Waals surface area contributed by atoms with Crippen molar-refractivity contribution in [1.82, 2.24) is 0 Å². The molecule has 0 amide bonds. The molecule has 0 bridgehead atoms. The highest BCUT2D eigenvalue weighted by Crippen LogP contribution is 2.28. The summed E-state index contributed by atoms with van der Waals surface area (Å²) >= 11 is 0. The van der Waals surface area contributed by atoms with E-state index in [1.54, 1.807) is 12.1 Å². The number of benzene rings is 2. The van der Waals surface area contributed by atoms with E-state index >= 15 is 0 Å². The van der Waals surface area contributed by atoms with Crippen LogP contribution in [0.4, 0.5) is 0 Å². The summed E-state index contributed by atoms with van der Waals surface area (Å²) in [6, 6.07) is 13.6. The Labute approximate surface area is 118 Å². The molecule has 0 saturated heterocycles. The summed E-state index contributed by atoms with van der Waals surface area (Å²) in [5.74, 6) is 0.902. The van der Waals surface area contributed by atoms with Gasteiger partial charge < -0.3 is 14.6 Å². The molecule has 0 radical (unpaired) electrons. The van der Waals surface area contributed by atoms with Crippen molar-refractivity contribution in [2.75, 3.05) is 13.2 Å².